The molecule has 1 aliphatic rings. The Morgan fingerprint density at radius 1 is 1.39 bits per heavy atom. The SMILES string of the molecule is CCOc1cccc([C@H](N)C2CCNCC2)c1.Cl. The number of rotatable bonds is 4. The topological polar surface area (TPSA) is 47.3 Å². The van der Waals surface area contributed by atoms with Crippen molar-refractivity contribution in [3.8, 4) is 5.75 Å². The van der Waals surface area contributed by atoms with Crippen molar-refractivity contribution in [3.05, 3.63) is 29.8 Å². The van der Waals surface area contributed by atoms with Gasteiger partial charge in [0.15, 0.2) is 0 Å². The van der Waals surface area contributed by atoms with Crippen molar-refractivity contribution in [3.63, 3.8) is 0 Å². The zero-order valence-corrected chi connectivity index (χ0v) is 11.7. The van der Waals surface area contributed by atoms with Gasteiger partial charge in [-0.2, -0.15) is 0 Å². The Hall–Kier alpha value is -0.770. The van der Waals surface area contributed by atoms with Crippen molar-refractivity contribution in [1.82, 2.24) is 5.32 Å². The summed E-state index contributed by atoms with van der Waals surface area (Å²) in [6, 6.07) is 8.34. The fraction of sp³-hybridized carbons (Fsp3) is 0.571. The van der Waals surface area contributed by atoms with Crippen molar-refractivity contribution in [2.75, 3.05) is 19.7 Å². The number of piperidine rings is 1. The lowest BCUT2D eigenvalue weighted by Gasteiger charge is -2.28. The average molecular weight is 271 g/mol. The molecule has 0 aromatic heterocycles. The molecule has 1 aromatic carbocycles. The highest BCUT2D eigenvalue weighted by Crippen LogP contribution is 2.28. The number of nitrogens with two attached hydrogens (primary N) is 1. The van der Waals surface area contributed by atoms with Gasteiger partial charge in [0.05, 0.1) is 6.61 Å². The zero-order valence-electron chi connectivity index (χ0n) is 10.9. The lowest BCUT2D eigenvalue weighted by atomic mass is 9.86. The van der Waals surface area contributed by atoms with E-state index in [0.717, 1.165) is 18.8 Å². The Balaban J connectivity index is 0.00000162. The van der Waals surface area contributed by atoms with Crippen LogP contribution in [0.5, 0.6) is 5.75 Å². The fourth-order valence-electron chi connectivity index (χ4n) is 2.45. The Labute approximate surface area is 116 Å². The van der Waals surface area contributed by atoms with Crippen LogP contribution in [0.2, 0.25) is 0 Å². The van der Waals surface area contributed by atoms with Crippen LogP contribution in [0.1, 0.15) is 31.4 Å². The normalized spacial score (nSPS) is 17.9. The second-order valence-electron chi connectivity index (χ2n) is 4.62. The van der Waals surface area contributed by atoms with Gasteiger partial charge >= 0.3 is 0 Å². The van der Waals surface area contributed by atoms with E-state index in [-0.39, 0.29) is 18.4 Å². The van der Waals surface area contributed by atoms with Gasteiger partial charge in [-0.3, -0.25) is 0 Å². The van der Waals surface area contributed by atoms with Crippen LogP contribution in [0.25, 0.3) is 0 Å². The molecule has 0 radical (unpaired) electrons. The summed E-state index contributed by atoms with van der Waals surface area (Å²) in [5, 5.41) is 3.37. The minimum absolute atomic E-state index is 0. The number of hydrogen-bond acceptors (Lipinski definition) is 3. The quantitative estimate of drug-likeness (QED) is 0.884. The summed E-state index contributed by atoms with van der Waals surface area (Å²) < 4.78 is 5.52. The lowest BCUT2D eigenvalue weighted by molar-refractivity contribution is 0.318. The smallest absolute Gasteiger partial charge is 0.119 e. The van der Waals surface area contributed by atoms with Crippen LogP contribution in [-0.2, 0) is 0 Å². The molecule has 0 saturated carbocycles. The summed E-state index contributed by atoms with van der Waals surface area (Å²) in [5.74, 6) is 1.52. The van der Waals surface area contributed by atoms with Gasteiger partial charge in [0.25, 0.3) is 0 Å². The molecule has 0 bridgehead atoms. The Kier molecular flexibility index (Phi) is 6.47. The predicted molar refractivity (Wildman–Crippen MR) is 77.4 cm³/mol. The minimum atomic E-state index is 0. The van der Waals surface area contributed by atoms with E-state index >= 15 is 0 Å². The van der Waals surface area contributed by atoms with E-state index < -0.39 is 0 Å². The molecule has 2 rings (SSSR count). The summed E-state index contributed by atoms with van der Waals surface area (Å²) in [6.45, 7) is 4.87. The highest BCUT2D eigenvalue weighted by molar-refractivity contribution is 5.85. The van der Waals surface area contributed by atoms with Crippen LogP contribution in [0.4, 0.5) is 0 Å². The molecule has 102 valence electrons. The first-order valence-corrected chi connectivity index (χ1v) is 6.50. The molecule has 1 aromatic rings. The van der Waals surface area contributed by atoms with Crippen LogP contribution >= 0.6 is 12.4 Å². The summed E-state index contributed by atoms with van der Waals surface area (Å²) in [6.07, 6.45) is 2.33. The lowest BCUT2D eigenvalue weighted by Crippen LogP contribution is -2.33. The van der Waals surface area contributed by atoms with E-state index in [0.29, 0.717) is 12.5 Å². The Morgan fingerprint density at radius 2 is 2.11 bits per heavy atom. The maximum Gasteiger partial charge on any atom is 0.119 e. The molecule has 0 amide bonds. The van der Waals surface area contributed by atoms with E-state index in [1.54, 1.807) is 0 Å². The molecule has 0 spiro atoms. The van der Waals surface area contributed by atoms with Gasteiger partial charge in [0.1, 0.15) is 5.75 Å². The van der Waals surface area contributed by atoms with Crippen LogP contribution in [0.3, 0.4) is 0 Å². The molecule has 3 nitrogen and oxygen atoms in total. The van der Waals surface area contributed by atoms with Gasteiger partial charge in [-0.15, -0.1) is 12.4 Å². The monoisotopic (exact) mass is 270 g/mol. The average Bonchev–Trinajstić information content (AvgIpc) is 2.40. The van der Waals surface area contributed by atoms with Crippen LogP contribution in [0.15, 0.2) is 24.3 Å². The van der Waals surface area contributed by atoms with E-state index in [9.17, 15) is 0 Å². The standard InChI is InChI=1S/C14H22N2O.ClH/c1-2-17-13-5-3-4-12(10-13)14(15)11-6-8-16-9-7-11;/h3-5,10-11,14,16H,2,6-9,15H2,1H3;1H/t14-;/m1./s1. The van der Waals surface area contributed by atoms with Gasteiger partial charge < -0.3 is 15.8 Å². The summed E-state index contributed by atoms with van der Waals surface area (Å²) >= 11 is 0. The Bertz CT molecular complexity index is 353. The highest BCUT2D eigenvalue weighted by Gasteiger charge is 2.21. The number of ether oxygens (including phenoxy) is 1. The maximum atomic E-state index is 6.35. The first-order chi connectivity index (χ1) is 8.31. The van der Waals surface area contributed by atoms with Gasteiger partial charge in [0.2, 0.25) is 0 Å². The van der Waals surface area contributed by atoms with Crippen molar-refractivity contribution < 1.29 is 4.74 Å². The summed E-state index contributed by atoms with van der Waals surface area (Å²) in [5.41, 5.74) is 7.55. The molecule has 1 fully saturated rings. The molecule has 18 heavy (non-hydrogen) atoms. The van der Waals surface area contributed by atoms with Gasteiger partial charge in [-0.05, 0) is 56.5 Å². The maximum absolute atomic E-state index is 6.35. The largest absolute Gasteiger partial charge is 0.494 e. The van der Waals surface area contributed by atoms with Crippen LogP contribution < -0.4 is 15.8 Å². The van der Waals surface area contributed by atoms with Crippen molar-refractivity contribution in [2.45, 2.75) is 25.8 Å². The molecule has 3 N–H and O–H groups in total. The summed E-state index contributed by atoms with van der Waals surface area (Å²) in [7, 11) is 0. The molecule has 1 saturated heterocycles. The predicted octanol–water partition coefficient (Wildman–Crippen LogP) is 2.51. The number of halogens is 1. The van der Waals surface area contributed by atoms with Gasteiger partial charge in [-0.25, -0.2) is 0 Å². The molecule has 0 unspecified atom stereocenters. The second kappa shape index (κ2) is 7.62. The van der Waals surface area contributed by atoms with Gasteiger partial charge in [-0.1, -0.05) is 12.1 Å². The van der Waals surface area contributed by atoms with E-state index in [1.807, 2.05) is 19.1 Å². The Morgan fingerprint density at radius 3 is 2.78 bits per heavy atom. The van der Waals surface area contributed by atoms with Crippen LogP contribution in [-0.4, -0.2) is 19.7 Å². The number of nitrogens with one attached hydrogen (secondary N) is 1. The molecular weight excluding hydrogens is 248 g/mol. The minimum Gasteiger partial charge on any atom is -0.494 e. The van der Waals surface area contributed by atoms with E-state index in [1.165, 1.54) is 18.4 Å². The third-order valence-corrected chi connectivity index (χ3v) is 3.45. The summed E-state index contributed by atoms with van der Waals surface area (Å²) in [4.78, 5) is 0. The number of hydrogen-bond donors (Lipinski definition) is 2. The van der Waals surface area contributed by atoms with Crippen LogP contribution in [0, 0.1) is 5.92 Å². The second-order valence-corrected chi connectivity index (χ2v) is 4.62. The van der Waals surface area contributed by atoms with Crippen molar-refractivity contribution in [1.29, 1.82) is 0 Å². The van der Waals surface area contributed by atoms with Crippen molar-refractivity contribution >= 4 is 12.4 Å². The molecule has 1 atom stereocenters. The van der Waals surface area contributed by atoms with E-state index in [4.69, 9.17) is 10.5 Å². The molecular formula is C14H23ClN2O. The molecule has 0 aliphatic carbocycles. The first kappa shape index (κ1) is 15.3. The van der Waals surface area contributed by atoms with E-state index in [2.05, 4.69) is 17.4 Å². The molecule has 1 heterocycles. The fourth-order valence-corrected chi connectivity index (χ4v) is 2.45. The van der Waals surface area contributed by atoms with Crippen molar-refractivity contribution in [2.24, 2.45) is 11.7 Å². The third kappa shape index (κ3) is 3.87. The zero-order chi connectivity index (χ0) is 12.1. The third-order valence-electron chi connectivity index (χ3n) is 3.45. The molecule has 1 aliphatic heterocycles. The highest BCUT2D eigenvalue weighted by atomic mass is 35.5. The molecule has 4 heteroatoms. The first-order valence-electron chi connectivity index (χ1n) is 6.50. The number of benzene rings is 1. The van der Waals surface area contributed by atoms with Gasteiger partial charge in [0, 0.05) is 6.04 Å².